The molecule has 1 aliphatic rings. The zero-order chi connectivity index (χ0) is 18.3. The van der Waals surface area contributed by atoms with E-state index >= 15 is 0 Å². The average Bonchev–Trinajstić information content (AvgIpc) is 3.24. The number of ether oxygens (including phenoxy) is 1. The van der Waals surface area contributed by atoms with Crippen LogP contribution in [0.4, 0.5) is 13.2 Å². The minimum absolute atomic E-state index is 0.160. The summed E-state index contributed by atoms with van der Waals surface area (Å²) >= 11 is 0. The van der Waals surface area contributed by atoms with Gasteiger partial charge in [-0.15, -0.1) is 0 Å². The van der Waals surface area contributed by atoms with Gasteiger partial charge in [0.2, 0.25) is 5.82 Å². The molecule has 134 valence electrons. The molecule has 3 aromatic rings. The molecule has 0 aliphatic carbocycles. The van der Waals surface area contributed by atoms with Crippen molar-refractivity contribution in [3.05, 3.63) is 69.5 Å². The van der Waals surface area contributed by atoms with Crippen LogP contribution in [0.25, 0.3) is 11.4 Å². The number of aromatic nitrogens is 3. The number of benzene rings is 1. The fourth-order valence-corrected chi connectivity index (χ4v) is 2.75. The fourth-order valence-electron chi connectivity index (χ4n) is 2.75. The van der Waals surface area contributed by atoms with Gasteiger partial charge < -0.3 is 13.8 Å². The topological polar surface area (TPSA) is 70.2 Å². The number of alkyl halides is 3. The number of halogens is 3. The molecule has 26 heavy (non-hydrogen) atoms. The minimum Gasteiger partial charge on any atom is -0.372 e. The fraction of sp³-hybridized carbons (Fsp3) is 0.235. The van der Waals surface area contributed by atoms with Crippen molar-refractivity contribution in [2.75, 3.05) is 0 Å². The first-order valence-corrected chi connectivity index (χ1v) is 7.70. The molecule has 3 heterocycles. The maximum Gasteiger partial charge on any atom is 0.471 e. The Bertz CT molecular complexity index is 1020. The smallest absolute Gasteiger partial charge is 0.372 e. The van der Waals surface area contributed by atoms with Crippen LogP contribution in [0, 0.1) is 0 Å². The Morgan fingerprint density at radius 1 is 1.12 bits per heavy atom. The molecule has 0 saturated carbocycles. The standard InChI is InChI=1S/C17H12F3N3O3/c18-17(19,20)16-21-15(22-26-16)11-3-4-23(14(24)6-11)7-10-1-2-12-8-25-9-13(12)5-10/h1-6H,7-9H2. The van der Waals surface area contributed by atoms with Crippen LogP contribution >= 0.6 is 0 Å². The predicted octanol–water partition coefficient (Wildman–Crippen LogP) is 3.00. The molecule has 0 atom stereocenters. The van der Waals surface area contributed by atoms with Crippen molar-refractivity contribution in [1.29, 1.82) is 0 Å². The summed E-state index contributed by atoms with van der Waals surface area (Å²) in [6, 6.07) is 8.53. The van der Waals surface area contributed by atoms with Gasteiger partial charge >= 0.3 is 12.1 Å². The molecule has 0 N–H and O–H groups in total. The number of hydrogen-bond acceptors (Lipinski definition) is 5. The highest BCUT2D eigenvalue weighted by Gasteiger charge is 2.38. The zero-order valence-corrected chi connectivity index (χ0v) is 13.3. The third kappa shape index (κ3) is 3.13. The maximum atomic E-state index is 12.5. The summed E-state index contributed by atoms with van der Waals surface area (Å²) in [6.45, 7) is 1.48. The van der Waals surface area contributed by atoms with Gasteiger partial charge in [-0.1, -0.05) is 23.4 Å². The molecular formula is C17H12F3N3O3. The van der Waals surface area contributed by atoms with Crippen molar-refractivity contribution in [2.24, 2.45) is 0 Å². The Balaban J connectivity index is 1.58. The van der Waals surface area contributed by atoms with Gasteiger partial charge in [-0.25, -0.2) is 0 Å². The van der Waals surface area contributed by atoms with Crippen LogP contribution in [-0.4, -0.2) is 14.7 Å². The molecule has 0 bridgehead atoms. The summed E-state index contributed by atoms with van der Waals surface area (Å²) in [7, 11) is 0. The van der Waals surface area contributed by atoms with Gasteiger partial charge in [0.1, 0.15) is 0 Å². The Morgan fingerprint density at radius 3 is 2.65 bits per heavy atom. The van der Waals surface area contributed by atoms with Crippen LogP contribution < -0.4 is 5.56 Å². The number of rotatable bonds is 3. The average molecular weight is 363 g/mol. The maximum absolute atomic E-state index is 12.5. The van der Waals surface area contributed by atoms with Crippen molar-refractivity contribution in [3.8, 4) is 11.4 Å². The van der Waals surface area contributed by atoms with Gasteiger partial charge in [-0.3, -0.25) is 4.79 Å². The second-order valence-corrected chi connectivity index (χ2v) is 5.90. The summed E-state index contributed by atoms with van der Waals surface area (Å²) in [5, 5.41) is 3.28. The lowest BCUT2D eigenvalue weighted by Crippen LogP contribution is -2.19. The quantitative estimate of drug-likeness (QED) is 0.716. The van der Waals surface area contributed by atoms with Crippen LogP contribution in [0.1, 0.15) is 22.6 Å². The summed E-state index contributed by atoms with van der Waals surface area (Å²) < 4.78 is 48.6. The monoisotopic (exact) mass is 363 g/mol. The van der Waals surface area contributed by atoms with Crippen LogP contribution in [0.5, 0.6) is 0 Å². The molecule has 0 fully saturated rings. The second-order valence-electron chi connectivity index (χ2n) is 5.90. The Morgan fingerprint density at radius 2 is 1.92 bits per heavy atom. The van der Waals surface area contributed by atoms with Crippen LogP contribution in [0.2, 0.25) is 0 Å². The van der Waals surface area contributed by atoms with Gasteiger partial charge in [0.25, 0.3) is 5.56 Å². The van der Waals surface area contributed by atoms with E-state index in [4.69, 9.17) is 4.74 Å². The summed E-state index contributed by atoms with van der Waals surface area (Å²) in [6.07, 6.45) is -3.23. The lowest BCUT2D eigenvalue weighted by Gasteiger charge is -2.08. The first kappa shape index (κ1) is 16.5. The Hall–Kier alpha value is -2.94. The van der Waals surface area contributed by atoms with E-state index in [0.29, 0.717) is 19.8 Å². The van der Waals surface area contributed by atoms with Crippen LogP contribution in [0.3, 0.4) is 0 Å². The SMILES string of the molecule is O=c1cc(-c2noc(C(F)(F)F)n2)ccn1Cc1ccc2c(c1)COC2. The van der Waals surface area contributed by atoms with E-state index < -0.39 is 12.1 Å². The number of fused-ring (bicyclic) bond motifs is 1. The van der Waals surface area contributed by atoms with E-state index in [2.05, 4.69) is 14.7 Å². The highest BCUT2D eigenvalue weighted by atomic mass is 19.4. The van der Waals surface area contributed by atoms with E-state index in [0.717, 1.165) is 16.7 Å². The summed E-state index contributed by atoms with van der Waals surface area (Å²) in [5.74, 6) is -1.73. The number of pyridine rings is 1. The molecule has 0 amide bonds. The Kier molecular flexibility index (Phi) is 3.87. The zero-order valence-electron chi connectivity index (χ0n) is 13.3. The van der Waals surface area contributed by atoms with Gasteiger partial charge in [-0.05, 0) is 22.8 Å². The van der Waals surface area contributed by atoms with Gasteiger partial charge in [0.15, 0.2) is 0 Å². The van der Waals surface area contributed by atoms with E-state index in [1.165, 1.54) is 22.9 Å². The third-order valence-corrected chi connectivity index (χ3v) is 4.06. The molecule has 1 aliphatic heterocycles. The van der Waals surface area contributed by atoms with Crippen molar-refractivity contribution in [2.45, 2.75) is 25.9 Å². The van der Waals surface area contributed by atoms with Crippen LogP contribution in [-0.2, 0) is 30.7 Å². The van der Waals surface area contributed by atoms with Crippen molar-refractivity contribution >= 4 is 0 Å². The summed E-state index contributed by atoms with van der Waals surface area (Å²) in [4.78, 5) is 15.6. The van der Waals surface area contributed by atoms with Crippen molar-refractivity contribution in [3.63, 3.8) is 0 Å². The normalized spacial score (nSPS) is 13.8. The lowest BCUT2D eigenvalue weighted by atomic mass is 10.1. The van der Waals surface area contributed by atoms with Crippen molar-refractivity contribution in [1.82, 2.24) is 14.7 Å². The molecule has 0 unspecified atom stereocenters. The van der Waals surface area contributed by atoms with E-state index in [9.17, 15) is 18.0 Å². The van der Waals surface area contributed by atoms with E-state index in [1.54, 1.807) is 0 Å². The molecule has 0 spiro atoms. The van der Waals surface area contributed by atoms with Crippen LogP contribution in [0.15, 0.2) is 45.8 Å². The number of hydrogen-bond donors (Lipinski definition) is 0. The van der Waals surface area contributed by atoms with Crippen molar-refractivity contribution < 1.29 is 22.4 Å². The molecular weight excluding hydrogens is 351 g/mol. The second kappa shape index (κ2) is 6.10. The highest BCUT2D eigenvalue weighted by Crippen LogP contribution is 2.29. The molecule has 9 heteroatoms. The van der Waals surface area contributed by atoms with E-state index in [1.807, 2.05) is 18.2 Å². The van der Waals surface area contributed by atoms with E-state index in [-0.39, 0.29) is 16.9 Å². The Labute approximate surface area is 144 Å². The third-order valence-electron chi connectivity index (χ3n) is 4.06. The molecule has 1 aromatic carbocycles. The molecule has 0 saturated heterocycles. The molecule has 6 nitrogen and oxygen atoms in total. The van der Waals surface area contributed by atoms with Gasteiger partial charge in [0.05, 0.1) is 19.8 Å². The molecule has 2 aromatic heterocycles. The molecule has 4 rings (SSSR count). The predicted molar refractivity (Wildman–Crippen MR) is 83.0 cm³/mol. The number of nitrogens with zero attached hydrogens (tertiary/aromatic N) is 3. The first-order valence-electron chi connectivity index (χ1n) is 7.70. The minimum atomic E-state index is -4.72. The van der Waals surface area contributed by atoms with Gasteiger partial charge in [0, 0.05) is 17.8 Å². The largest absolute Gasteiger partial charge is 0.471 e. The lowest BCUT2D eigenvalue weighted by molar-refractivity contribution is -0.159. The molecule has 0 radical (unpaired) electrons. The highest BCUT2D eigenvalue weighted by molar-refractivity contribution is 5.52. The first-order chi connectivity index (χ1) is 12.4. The summed E-state index contributed by atoms with van der Waals surface area (Å²) in [5.41, 5.74) is 2.95. The van der Waals surface area contributed by atoms with Gasteiger partial charge in [-0.2, -0.15) is 18.2 Å².